The van der Waals surface area contributed by atoms with Gasteiger partial charge in [-0.1, -0.05) is 10.6 Å². The molecule has 0 aromatic carbocycles. The quantitative estimate of drug-likeness (QED) is 0.558. The maximum absolute atomic E-state index is 11.9. The lowest BCUT2D eigenvalue weighted by atomic mass is 9.93. The molecule has 0 aromatic heterocycles. The van der Waals surface area contributed by atoms with Gasteiger partial charge in [0.25, 0.3) is 0 Å². The van der Waals surface area contributed by atoms with Crippen LogP contribution in [-0.4, -0.2) is 44.2 Å². The fraction of sp³-hybridized carbons (Fsp3) is 0.917. The van der Waals surface area contributed by atoms with Crippen LogP contribution in [0.25, 0.3) is 0 Å². The second-order valence-corrected chi connectivity index (χ2v) is 8.98. The number of nitrogens with zero attached hydrogens (tertiary/aromatic N) is 1. The standard InChI is InChI=1S/C12H18N2O2S2/c15-18(16)5-9-11(6-18)14(12(17)13-9)10-4-7-1-2-8(10)3-7/h7-11H,1-6H2,(H-,13,15,16,17)/p+1/t7-,8-,9-,10+,11+/m0/s1. The molecule has 4 fully saturated rings. The molecule has 100 valence electrons. The summed E-state index contributed by atoms with van der Waals surface area (Å²) >= 11 is 5.46. The van der Waals surface area contributed by atoms with Crippen LogP contribution in [0.1, 0.15) is 25.7 Å². The highest BCUT2D eigenvalue weighted by Crippen LogP contribution is 2.48. The molecule has 2 saturated carbocycles. The topological polar surface area (TPSA) is 52.6 Å². The van der Waals surface area contributed by atoms with E-state index in [0.29, 0.717) is 17.5 Å². The molecular weight excluding hydrogens is 268 g/mol. The molecule has 2 saturated heterocycles. The van der Waals surface area contributed by atoms with Crippen molar-refractivity contribution in [3.63, 3.8) is 0 Å². The Morgan fingerprint density at radius 2 is 2.11 bits per heavy atom. The summed E-state index contributed by atoms with van der Waals surface area (Å²) < 4.78 is 21.7. The first-order valence-corrected chi connectivity index (χ1v) is 9.10. The average Bonchev–Trinajstić information content (AvgIpc) is 2.96. The second kappa shape index (κ2) is 3.67. The first-order chi connectivity index (χ1) is 8.53. The van der Waals surface area contributed by atoms with Gasteiger partial charge in [0.2, 0.25) is 10.2 Å². The van der Waals surface area contributed by atoms with Crippen LogP contribution < -0.4 is 5.32 Å². The molecule has 4 nitrogen and oxygen atoms in total. The summed E-state index contributed by atoms with van der Waals surface area (Å²) in [5, 5.41) is 4.11. The molecule has 0 amide bonds. The first kappa shape index (κ1) is 11.6. The minimum absolute atomic E-state index is 0.106. The van der Waals surface area contributed by atoms with Crippen molar-refractivity contribution < 1.29 is 8.76 Å². The molecule has 6 atom stereocenters. The van der Waals surface area contributed by atoms with Crippen LogP contribution in [0.15, 0.2) is 0 Å². The van der Waals surface area contributed by atoms with E-state index in [9.17, 15) is 8.76 Å². The summed E-state index contributed by atoms with van der Waals surface area (Å²) in [5.74, 6) is 2.42. The molecule has 2 N–H and O–H groups in total. The molecule has 18 heavy (non-hydrogen) atoms. The third-order valence-corrected chi connectivity index (χ3v) is 7.37. The SMILES string of the molecule is O=[S+]1(O)C[C@@H]2NC(=S)N([C@@H]3C[C@H]4CC[C@H]3C4)[C@@H]2C1. The van der Waals surface area contributed by atoms with Gasteiger partial charge < -0.3 is 10.2 Å². The van der Waals surface area contributed by atoms with Gasteiger partial charge in [-0.3, -0.25) is 0 Å². The summed E-state index contributed by atoms with van der Waals surface area (Å²) in [5.41, 5.74) is 0. The van der Waals surface area contributed by atoms with Crippen LogP contribution in [0.4, 0.5) is 0 Å². The fourth-order valence-electron chi connectivity index (χ4n) is 4.59. The van der Waals surface area contributed by atoms with Crippen LogP contribution in [0.2, 0.25) is 0 Å². The Morgan fingerprint density at radius 1 is 1.28 bits per heavy atom. The Balaban J connectivity index is 1.60. The van der Waals surface area contributed by atoms with Crippen molar-refractivity contribution >= 4 is 27.5 Å². The lowest BCUT2D eigenvalue weighted by Gasteiger charge is -2.34. The number of rotatable bonds is 1. The van der Waals surface area contributed by atoms with Gasteiger partial charge in [-0.15, -0.1) is 0 Å². The third kappa shape index (κ3) is 1.58. The first-order valence-electron chi connectivity index (χ1n) is 6.84. The zero-order chi connectivity index (χ0) is 12.5. The van der Waals surface area contributed by atoms with Gasteiger partial charge in [-0.05, 0) is 43.3 Å². The van der Waals surface area contributed by atoms with Gasteiger partial charge >= 0.3 is 0 Å². The van der Waals surface area contributed by atoms with Gasteiger partial charge in [0.15, 0.2) is 16.6 Å². The van der Waals surface area contributed by atoms with E-state index in [4.69, 9.17) is 12.2 Å². The van der Waals surface area contributed by atoms with E-state index in [1.807, 2.05) is 0 Å². The Morgan fingerprint density at radius 3 is 2.78 bits per heavy atom. The Hall–Kier alpha value is -0.200. The lowest BCUT2D eigenvalue weighted by Crippen LogP contribution is -2.47. The van der Waals surface area contributed by atoms with E-state index in [-0.39, 0.29) is 12.1 Å². The summed E-state index contributed by atoms with van der Waals surface area (Å²) in [4.78, 5) is 2.30. The monoisotopic (exact) mass is 287 g/mol. The predicted octanol–water partition coefficient (Wildman–Crippen LogP) is 1.09. The van der Waals surface area contributed by atoms with Gasteiger partial charge in [0.1, 0.15) is 12.1 Å². The van der Waals surface area contributed by atoms with Gasteiger partial charge in [-0.2, -0.15) is 4.55 Å². The zero-order valence-corrected chi connectivity index (χ0v) is 11.9. The highest BCUT2D eigenvalue weighted by atomic mass is 32.3. The number of fused-ring (bicyclic) bond motifs is 3. The predicted molar refractivity (Wildman–Crippen MR) is 74.8 cm³/mol. The summed E-state index contributed by atoms with van der Waals surface area (Å²) in [6, 6.07) is 0.806. The molecule has 4 rings (SSSR count). The highest BCUT2D eigenvalue weighted by molar-refractivity contribution is 7.98. The maximum Gasteiger partial charge on any atom is 0.218 e. The van der Waals surface area contributed by atoms with Gasteiger partial charge in [0.05, 0.1) is 0 Å². The Labute approximate surface area is 114 Å². The largest absolute Gasteiger partial charge is 0.353 e. The van der Waals surface area contributed by atoms with Crippen LogP contribution >= 0.6 is 12.2 Å². The van der Waals surface area contributed by atoms with Crippen molar-refractivity contribution in [3.05, 3.63) is 0 Å². The van der Waals surface area contributed by atoms with Crippen molar-refractivity contribution in [1.29, 1.82) is 0 Å². The Kier molecular flexibility index (Phi) is 2.37. The zero-order valence-electron chi connectivity index (χ0n) is 10.2. The minimum Gasteiger partial charge on any atom is -0.353 e. The van der Waals surface area contributed by atoms with E-state index < -0.39 is 10.2 Å². The molecule has 2 bridgehead atoms. The van der Waals surface area contributed by atoms with E-state index in [1.54, 1.807) is 0 Å². The molecule has 2 heterocycles. The summed E-state index contributed by atoms with van der Waals surface area (Å²) in [7, 11) is -2.62. The highest BCUT2D eigenvalue weighted by Gasteiger charge is 2.57. The van der Waals surface area contributed by atoms with Crippen molar-refractivity contribution in [1.82, 2.24) is 10.2 Å². The lowest BCUT2D eigenvalue weighted by molar-refractivity contribution is 0.200. The number of nitrogens with one attached hydrogen (secondary N) is 1. The van der Waals surface area contributed by atoms with E-state index in [1.165, 1.54) is 25.7 Å². The molecular formula is C12H19N2O2S2+. The van der Waals surface area contributed by atoms with Crippen molar-refractivity contribution in [3.8, 4) is 0 Å². The molecule has 2 aliphatic carbocycles. The van der Waals surface area contributed by atoms with E-state index in [2.05, 4.69) is 10.2 Å². The van der Waals surface area contributed by atoms with Crippen molar-refractivity contribution in [2.24, 2.45) is 11.8 Å². The van der Waals surface area contributed by atoms with E-state index >= 15 is 0 Å². The maximum atomic E-state index is 11.9. The van der Waals surface area contributed by atoms with Crippen LogP contribution in [0.3, 0.4) is 0 Å². The summed E-state index contributed by atoms with van der Waals surface area (Å²) in [6.45, 7) is 0. The molecule has 0 radical (unpaired) electrons. The normalized spacial score (nSPS) is 53.9. The molecule has 0 spiro atoms. The van der Waals surface area contributed by atoms with Crippen LogP contribution in [0, 0.1) is 11.8 Å². The smallest absolute Gasteiger partial charge is 0.218 e. The third-order valence-electron chi connectivity index (χ3n) is 5.29. The molecule has 2 aliphatic heterocycles. The Bertz CT molecular complexity index is 455. The number of hydrogen-bond donors (Lipinski definition) is 2. The van der Waals surface area contributed by atoms with Crippen molar-refractivity contribution in [2.75, 3.05) is 11.5 Å². The van der Waals surface area contributed by atoms with Crippen LogP contribution in [-0.2, 0) is 14.4 Å². The molecule has 0 aromatic rings. The molecule has 4 aliphatic rings. The van der Waals surface area contributed by atoms with Crippen molar-refractivity contribution in [2.45, 2.75) is 43.8 Å². The number of thiocarbonyl (C=S) groups is 1. The average molecular weight is 287 g/mol. The second-order valence-electron chi connectivity index (χ2n) is 6.38. The van der Waals surface area contributed by atoms with Gasteiger partial charge in [0, 0.05) is 6.04 Å². The van der Waals surface area contributed by atoms with E-state index in [0.717, 1.165) is 16.9 Å². The number of hydrogen-bond acceptors (Lipinski definition) is 2. The fourth-order valence-corrected chi connectivity index (χ4v) is 6.94. The van der Waals surface area contributed by atoms with Crippen LogP contribution in [0.5, 0.6) is 0 Å². The summed E-state index contributed by atoms with van der Waals surface area (Å²) in [6.07, 6.45) is 5.28. The molecule has 1 unspecified atom stereocenters. The minimum atomic E-state index is -2.62. The van der Waals surface area contributed by atoms with Gasteiger partial charge in [-0.25, -0.2) is 0 Å². The molecule has 6 heteroatoms.